The average molecular weight is 450 g/mol. The lowest BCUT2D eigenvalue weighted by Crippen LogP contribution is -2.50. The maximum absolute atomic E-state index is 12.4. The molecule has 1 aromatic rings. The molecule has 0 radical (unpaired) electrons. The van der Waals surface area contributed by atoms with Gasteiger partial charge in [-0.05, 0) is 64.3 Å². The first-order valence-corrected chi connectivity index (χ1v) is 11.4. The van der Waals surface area contributed by atoms with Gasteiger partial charge in [-0.15, -0.1) is 0 Å². The summed E-state index contributed by atoms with van der Waals surface area (Å²) < 4.78 is 10.8. The Morgan fingerprint density at radius 1 is 1.00 bits per heavy atom. The fraction of sp³-hybridized carbons (Fsp3) is 0.640. The molecule has 0 saturated heterocycles. The van der Waals surface area contributed by atoms with Gasteiger partial charge in [0, 0.05) is 12.0 Å². The Labute approximate surface area is 191 Å². The van der Waals surface area contributed by atoms with Crippen molar-refractivity contribution in [1.29, 1.82) is 0 Å². The summed E-state index contributed by atoms with van der Waals surface area (Å²) in [7, 11) is 0. The summed E-state index contributed by atoms with van der Waals surface area (Å²) in [6.07, 6.45) is 4.46. The molecule has 0 aliphatic carbocycles. The number of nitrogens with one attached hydrogen (secondary N) is 1. The monoisotopic (exact) mass is 449 g/mol. The highest BCUT2D eigenvalue weighted by Crippen LogP contribution is 2.18. The van der Waals surface area contributed by atoms with Crippen molar-refractivity contribution in [3.63, 3.8) is 0 Å². The summed E-state index contributed by atoms with van der Waals surface area (Å²) in [4.78, 5) is 36.6. The van der Waals surface area contributed by atoms with Crippen LogP contribution in [0.4, 0.5) is 0 Å². The van der Waals surface area contributed by atoms with Crippen molar-refractivity contribution in [2.45, 2.75) is 84.8 Å². The number of carbonyl (C=O) groups is 3. The van der Waals surface area contributed by atoms with E-state index in [2.05, 4.69) is 19.2 Å². The number of aliphatic hydroxyl groups is 1. The summed E-state index contributed by atoms with van der Waals surface area (Å²) in [5.41, 5.74) is -2.18. The quantitative estimate of drug-likeness (QED) is 0.252. The van der Waals surface area contributed by atoms with Gasteiger partial charge in [0.25, 0.3) is 0 Å². The number of hydrogen-bond acceptors (Lipinski definition) is 6. The van der Waals surface area contributed by atoms with Crippen LogP contribution in [0.5, 0.6) is 5.75 Å². The molecule has 7 heteroatoms. The largest absolute Gasteiger partial charge is 0.490 e. The van der Waals surface area contributed by atoms with Gasteiger partial charge in [-0.25, -0.2) is 4.79 Å². The molecule has 7 nitrogen and oxygen atoms in total. The minimum absolute atomic E-state index is 0.0247. The van der Waals surface area contributed by atoms with E-state index >= 15 is 0 Å². The van der Waals surface area contributed by atoms with Crippen molar-refractivity contribution in [1.82, 2.24) is 5.32 Å². The Morgan fingerprint density at radius 3 is 2.16 bits per heavy atom. The molecule has 0 aliphatic heterocycles. The predicted molar refractivity (Wildman–Crippen MR) is 124 cm³/mol. The van der Waals surface area contributed by atoms with E-state index in [-0.39, 0.29) is 24.9 Å². The zero-order valence-electron chi connectivity index (χ0n) is 20.3. The second kappa shape index (κ2) is 12.6. The molecule has 1 rings (SSSR count). The number of Topliss-reactive ketones (excluding diaryl/α,β-unsaturated/α-hetero) is 1. The van der Waals surface area contributed by atoms with Crippen LogP contribution in [0.1, 0.15) is 84.0 Å². The van der Waals surface area contributed by atoms with E-state index in [0.29, 0.717) is 23.7 Å². The molecule has 2 N–H and O–H groups in total. The topological polar surface area (TPSA) is 102 Å². The van der Waals surface area contributed by atoms with Crippen molar-refractivity contribution >= 4 is 17.7 Å². The Balaban J connectivity index is 2.41. The zero-order valence-corrected chi connectivity index (χ0v) is 20.3. The lowest BCUT2D eigenvalue weighted by atomic mass is 9.95. The van der Waals surface area contributed by atoms with Crippen LogP contribution in [0, 0.1) is 5.92 Å². The molecular formula is C25H39NO6. The van der Waals surface area contributed by atoms with Gasteiger partial charge >= 0.3 is 5.97 Å². The Hall–Kier alpha value is -2.41. The summed E-state index contributed by atoms with van der Waals surface area (Å²) in [5, 5.41) is 12.5. The summed E-state index contributed by atoms with van der Waals surface area (Å²) in [5.74, 6) is -0.0174. The smallest absolute Gasteiger partial charge is 0.331 e. The molecule has 1 atom stereocenters. The lowest BCUT2D eigenvalue weighted by molar-refractivity contribution is -0.153. The number of hydrogen-bond donors (Lipinski definition) is 2. The van der Waals surface area contributed by atoms with E-state index in [1.807, 2.05) is 0 Å². The number of carbonyl (C=O) groups excluding carboxylic acids is 3. The van der Waals surface area contributed by atoms with Crippen LogP contribution < -0.4 is 10.1 Å². The Kier molecular flexibility index (Phi) is 10.9. The summed E-state index contributed by atoms with van der Waals surface area (Å²) in [6.45, 7) is 10.5. The first-order chi connectivity index (χ1) is 14.9. The normalized spacial score (nSPS) is 12.7. The Bertz CT molecular complexity index is 749. The molecule has 0 aliphatic rings. The van der Waals surface area contributed by atoms with Crippen LogP contribution >= 0.6 is 0 Å². The number of esters is 1. The maximum Gasteiger partial charge on any atom is 0.331 e. The molecule has 0 fully saturated rings. The molecule has 1 amide bonds. The average Bonchev–Trinajstić information content (AvgIpc) is 2.72. The van der Waals surface area contributed by atoms with E-state index in [1.54, 1.807) is 38.1 Å². The van der Waals surface area contributed by atoms with E-state index in [0.717, 1.165) is 25.7 Å². The fourth-order valence-corrected chi connectivity index (χ4v) is 3.29. The highest BCUT2D eigenvalue weighted by molar-refractivity contribution is 6.01. The van der Waals surface area contributed by atoms with Crippen molar-refractivity contribution < 1.29 is 29.0 Å². The highest BCUT2D eigenvalue weighted by atomic mass is 16.6. The highest BCUT2D eigenvalue weighted by Gasteiger charge is 2.31. The van der Waals surface area contributed by atoms with Gasteiger partial charge in [-0.1, -0.05) is 33.1 Å². The molecule has 32 heavy (non-hydrogen) atoms. The molecule has 1 unspecified atom stereocenters. The molecule has 0 aromatic heterocycles. The molecule has 0 heterocycles. The van der Waals surface area contributed by atoms with Crippen LogP contribution in [0.15, 0.2) is 24.3 Å². The number of benzene rings is 1. The van der Waals surface area contributed by atoms with E-state index in [1.165, 1.54) is 13.8 Å². The van der Waals surface area contributed by atoms with Crippen LogP contribution in [-0.4, -0.2) is 47.1 Å². The molecule has 0 spiro atoms. The third-order valence-corrected chi connectivity index (χ3v) is 5.27. The zero-order chi connectivity index (χ0) is 24.4. The number of amides is 1. The third kappa shape index (κ3) is 9.39. The van der Waals surface area contributed by atoms with Crippen LogP contribution in [-0.2, 0) is 14.3 Å². The SMILES string of the molecule is CCCC(CC)CCC(=O)NC(C)(C)C(=O)OCCOc1ccc(C(=O)C(C)(C)O)cc1. The maximum atomic E-state index is 12.4. The van der Waals surface area contributed by atoms with Gasteiger partial charge in [-0.2, -0.15) is 0 Å². The summed E-state index contributed by atoms with van der Waals surface area (Å²) >= 11 is 0. The van der Waals surface area contributed by atoms with E-state index in [9.17, 15) is 19.5 Å². The van der Waals surface area contributed by atoms with Gasteiger partial charge in [0.1, 0.15) is 30.1 Å². The van der Waals surface area contributed by atoms with Gasteiger partial charge in [0.05, 0.1) is 0 Å². The second-order valence-electron chi connectivity index (χ2n) is 9.17. The standard InChI is InChI=1S/C25H39NO6/c1-7-9-18(8-2)10-15-21(27)26-24(3,4)23(29)32-17-16-31-20-13-11-19(12-14-20)22(28)25(5,6)30/h11-14,18,30H,7-10,15-17H2,1-6H3,(H,26,27). The Morgan fingerprint density at radius 2 is 1.62 bits per heavy atom. The predicted octanol–water partition coefficient (Wildman–Crippen LogP) is 4.06. The van der Waals surface area contributed by atoms with Crippen molar-refractivity contribution in [3.05, 3.63) is 29.8 Å². The fourth-order valence-electron chi connectivity index (χ4n) is 3.29. The molecular weight excluding hydrogens is 410 g/mol. The first kappa shape index (κ1) is 27.6. The first-order valence-electron chi connectivity index (χ1n) is 11.4. The van der Waals surface area contributed by atoms with E-state index < -0.39 is 17.1 Å². The van der Waals surface area contributed by atoms with Crippen molar-refractivity contribution in [3.8, 4) is 5.75 Å². The van der Waals surface area contributed by atoms with Gasteiger partial charge < -0.3 is 19.9 Å². The van der Waals surface area contributed by atoms with Gasteiger partial charge in [0.2, 0.25) is 5.91 Å². The minimum Gasteiger partial charge on any atom is -0.490 e. The third-order valence-electron chi connectivity index (χ3n) is 5.27. The van der Waals surface area contributed by atoms with Gasteiger partial charge in [0.15, 0.2) is 5.78 Å². The number of ether oxygens (including phenoxy) is 2. The van der Waals surface area contributed by atoms with Gasteiger partial charge in [-0.3, -0.25) is 9.59 Å². The second-order valence-corrected chi connectivity index (χ2v) is 9.17. The molecule has 0 bridgehead atoms. The van der Waals surface area contributed by atoms with Crippen LogP contribution in [0.3, 0.4) is 0 Å². The van der Waals surface area contributed by atoms with Crippen molar-refractivity contribution in [2.24, 2.45) is 5.92 Å². The minimum atomic E-state index is -1.44. The lowest BCUT2D eigenvalue weighted by Gasteiger charge is -2.24. The van der Waals surface area contributed by atoms with Crippen molar-refractivity contribution in [2.75, 3.05) is 13.2 Å². The molecule has 0 saturated carbocycles. The number of rotatable bonds is 14. The molecule has 1 aromatic carbocycles. The van der Waals surface area contributed by atoms with Crippen LogP contribution in [0.25, 0.3) is 0 Å². The summed E-state index contributed by atoms with van der Waals surface area (Å²) in [6, 6.07) is 6.38. The van der Waals surface area contributed by atoms with E-state index in [4.69, 9.17) is 9.47 Å². The molecule has 180 valence electrons. The number of ketones is 1. The van der Waals surface area contributed by atoms with Crippen LogP contribution in [0.2, 0.25) is 0 Å².